The van der Waals surface area contributed by atoms with Gasteiger partial charge in [0.05, 0.1) is 11.2 Å². The first-order valence-corrected chi connectivity index (χ1v) is 9.32. The third-order valence-corrected chi connectivity index (χ3v) is 4.82. The van der Waals surface area contributed by atoms with Gasteiger partial charge >= 0.3 is 0 Å². The molecule has 29 heavy (non-hydrogen) atoms. The van der Waals surface area contributed by atoms with Gasteiger partial charge in [-0.15, -0.1) is 10.2 Å². The van der Waals surface area contributed by atoms with Crippen LogP contribution in [0.25, 0.3) is 33.4 Å². The summed E-state index contributed by atoms with van der Waals surface area (Å²) in [5, 5.41) is 14.1. The van der Waals surface area contributed by atoms with Gasteiger partial charge in [0, 0.05) is 16.5 Å². The summed E-state index contributed by atoms with van der Waals surface area (Å²) in [6.07, 6.45) is 1.54. The summed E-state index contributed by atoms with van der Waals surface area (Å²) in [5.41, 5.74) is 7.11. The zero-order chi connectivity index (χ0) is 19.8. The van der Waals surface area contributed by atoms with E-state index in [1.807, 2.05) is 55.5 Å². The first-order valence-electron chi connectivity index (χ1n) is 8.94. The molecule has 0 aliphatic carbocycles. The van der Waals surface area contributed by atoms with Gasteiger partial charge in [0.2, 0.25) is 0 Å². The Kier molecular flexibility index (Phi) is 4.22. The molecule has 2 N–H and O–H groups in total. The largest absolute Gasteiger partial charge is 0.455 e. The van der Waals surface area contributed by atoms with E-state index in [0.29, 0.717) is 22.2 Å². The van der Waals surface area contributed by atoms with E-state index in [4.69, 9.17) is 16.0 Å². The topological polar surface area (TPSA) is 92.0 Å². The number of anilines is 1. The summed E-state index contributed by atoms with van der Waals surface area (Å²) < 4.78 is 5.77. The van der Waals surface area contributed by atoms with Gasteiger partial charge in [0.1, 0.15) is 17.0 Å². The first-order chi connectivity index (χ1) is 14.2. The highest BCUT2D eigenvalue weighted by Crippen LogP contribution is 2.28. The number of H-pyrrole nitrogens is 1. The first kappa shape index (κ1) is 17.4. The molecule has 3 heterocycles. The van der Waals surface area contributed by atoms with Crippen LogP contribution in [0.1, 0.15) is 11.3 Å². The van der Waals surface area contributed by atoms with E-state index in [1.54, 1.807) is 6.21 Å². The monoisotopic (exact) mass is 402 g/mol. The van der Waals surface area contributed by atoms with Gasteiger partial charge in [-0.2, -0.15) is 10.1 Å². The Hall–Kier alpha value is -3.71. The number of benzene rings is 2. The summed E-state index contributed by atoms with van der Waals surface area (Å²) in [6.45, 7) is 2.04. The smallest absolute Gasteiger partial charge is 0.265 e. The van der Waals surface area contributed by atoms with Crippen molar-refractivity contribution in [3.63, 3.8) is 0 Å². The number of hydrogen-bond acceptors (Lipinski definition) is 6. The molecule has 0 saturated heterocycles. The molecule has 2 aromatic carbocycles. The quantitative estimate of drug-likeness (QED) is 0.319. The summed E-state index contributed by atoms with van der Waals surface area (Å²) in [7, 11) is 0. The summed E-state index contributed by atoms with van der Waals surface area (Å²) in [6, 6.07) is 17.3. The molecule has 5 aromatic rings. The molecule has 8 heteroatoms. The van der Waals surface area contributed by atoms with E-state index >= 15 is 0 Å². The van der Waals surface area contributed by atoms with Crippen LogP contribution in [0.2, 0.25) is 5.02 Å². The molecule has 0 fully saturated rings. The fraction of sp³-hybridized carbons (Fsp3) is 0.0476. The fourth-order valence-electron chi connectivity index (χ4n) is 3.11. The molecule has 7 nitrogen and oxygen atoms in total. The minimum atomic E-state index is 0.287. The van der Waals surface area contributed by atoms with Crippen molar-refractivity contribution in [3.8, 4) is 11.3 Å². The number of nitrogens with one attached hydrogen (secondary N) is 2. The van der Waals surface area contributed by atoms with Crippen molar-refractivity contribution < 1.29 is 4.42 Å². The van der Waals surface area contributed by atoms with E-state index in [-0.39, 0.29) is 5.95 Å². The third kappa shape index (κ3) is 3.32. The molecule has 142 valence electrons. The number of aryl methyl sites for hydroxylation is 1. The number of hydrogen-bond donors (Lipinski definition) is 2. The maximum Gasteiger partial charge on any atom is 0.265 e. The third-order valence-electron chi connectivity index (χ3n) is 4.49. The Labute approximate surface area is 170 Å². The second-order valence-electron chi connectivity index (χ2n) is 6.56. The minimum absolute atomic E-state index is 0.287. The SMILES string of the molecule is Cc1ccc2[nH]c3nc(N/N=C/c4ccc(-c5ccccc5Cl)o4)nnc3c2c1. The zero-order valence-electron chi connectivity index (χ0n) is 15.3. The van der Waals surface area contributed by atoms with Gasteiger partial charge in [-0.3, -0.25) is 0 Å². The fourth-order valence-corrected chi connectivity index (χ4v) is 3.34. The van der Waals surface area contributed by atoms with Crippen molar-refractivity contribution in [3.05, 3.63) is 70.9 Å². The van der Waals surface area contributed by atoms with E-state index in [0.717, 1.165) is 27.5 Å². The average molecular weight is 403 g/mol. The molecule has 0 atom stereocenters. The van der Waals surface area contributed by atoms with Gasteiger partial charge < -0.3 is 9.40 Å². The zero-order valence-corrected chi connectivity index (χ0v) is 16.1. The van der Waals surface area contributed by atoms with Gasteiger partial charge in [-0.1, -0.05) is 35.4 Å². The lowest BCUT2D eigenvalue weighted by Crippen LogP contribution is -1.98. The van der Waals surface area contributed by atoms with Crippen LogP contribution in [0.3, 0.4) is 0 Å². The predicted molar refractivity (Wildman–Crippen MR) is 114 cm³/mol. The van der Waals surface area contributed by atoms with Crippen LogP contribution in [0, 0.1) is 6.92 Å². The highest BCUT2D eigenvalue weighted by atomic mass is 35.5. The Morgan fingerprint density at radius 2 is 2.00 bits per heavy atom. The molecule has 5 rings (SSSR count). The van der Waals surface area contributed by atoms with Crippen molar-refractivity contribution in [1.82, 2.24) is 20.2 Å². The van der Waals surface area contributed by atoms with Crippen LogP contribution in [-0.2, 0) is 0 Å². The molecular formula is C21H15ClN6O. The molecule has 0 amide bonds. The van der Waals surface area contributed by atoms with Gasteiger partial charge in [-0.25, -0.2) is 5.43 Å². The van der Waals surface area contributed by atoms with E-state index in [2.05, 4.69) is 36.8 Å². The number of halogens is 1. The normalized spacial score (nSPS) is 11.7. The second-order valence-corrected chi connectivity index (χ2v) is 6.97. The van der Waals surface area contributed by atoms with Crippen LogP contribution >= 0.6 is 11.6 Å². The highest BCUT2D eigenvalue weighted by molar-refractivity contribution is 6.33. The number of aromatic amines is 1. The van der Waals surface area contributed by atoms with Crippen molar-refractivity contribution in [2.45, 2.75) is 6.92 Å². The van der Waals surface area contributed by atoms with Crippen LogP contribution in [-0.4, -0.2) is 26.4 Å². The van der Waals surface area contributed by atoms with Crippen LogP contribution in [0.4, 0.5) is 5.95 Å². The maximum absolute atomic E-state index is 6.21. The summed E-state index contributed by atoms with van der Waals surface area (Å²) in [5.74, 6) is 1.53. The van der Waals surface area contributed by atoms with E-state index < -0.39 is 0 Å². The molecule has 0 unspecified atom stereocenters. The molecule has 0 bridgehead atoms. The van der Waals surface area contributed by atoms with Crippen molar-refractivity contribution in [2.75, 3.05) is 5.43 Å². The molecule has 0 spiro atoms. The molecule has 0 saturated carbocycles. The van der Waals surface area contributed by atoms with Crippen LogP contribution in [0.5, 0.6) is 0 Å². The van der Waals surface area contributed by atoms with E-state index in [9.17, 15) is 0 Å². The van der Waals surface area contributed by atoms with Crippen molar-refractivity contribution >= 4 is 45.8 Å². The number of fused-ring (bicyclic) bond motifs is 3. The Morgan fingerprint density at radius 3 is 2.90 bits per heavy atom. The van der Waals surface area contributed by atoms with E-state index in [1.165, 1.54) is 0 Å². The van der Waals surface area contributed by atoms with Gasteiger partial charge in [0.15, 0.2) is 5.65 Å². The lowest BCUT2D eigenvalue weighted by molar-refractivity contribution is 0.575. The van der Waals surface area contributed by atoms with Gasteiger partial charge in [0.25, 0.3) is 5.95 Å². The molecular weight excluding hydrogens is 388 g/mol. The van der Waals surface area contributed by atoms with Crippen molar-refractivity contribution in [1.29, 1.82) is 0 Å². The number of aromatic nitrogens is 4. The molecule has 0 radical (unpaired) electrons. The Morgan fingerprint density at radius 1 is 1.10 bits per heavy atom. The number of rotatable bonds is 4. The lowest BCUT2D eigenvalue weighted by Gasteiger charge is -1.99. The molecule has 0 aliphatic rings. The van der Waals surface area contributed by atoms with Crippen molar-refractivity contribution in [2.24, 2.45) is 5.10 Å². The average Bonchev–Trinajstić information content (AvgIpc) is 3.32. The van der Waals surface area contributed by atoms with Crippen LogP contribution < -0.4 is 5.43 Å². The Balaban J connectivity index is 1.36. The standard InChI is InChI=1S/C21H15ClN6O/c1-12-6-8-17-15(10-12)19-20(24-17)25-21(28-26-19)27-23-11-13-7-9-18(29-13)14-4-2-3-5-16(14)22/h2-11H,1H3,(H2,24,25,27,28)/b23-11+. The highest BCUT2D eigenvalue weighted by Gasteiger charge is 2.09. The number of nitrogens with zero attached hydrogens (tertiary/aromatic N) is 4. The Bertz CT molecular complexity index is 1370. The molecule has 0 aliphatic heterocycles. The summed E-state index contributed by atoms with van der Waals surface area (Å²) in [4.78, 5) is 7.68. The number of furan rings is 1. The minimum Gasteiger partial charge on any atom is -0.455 e. The lowest BCUT2D eigenvalue weighted by atomic mass is 10.2. The summed E-state index contributed by atoms with van der Waals surface area (Å²) >= 11 is 6.21. The predicted octanol–water partition coefficient (Wildman–Crippen LogP) is 5.17. The second kappa shape index (κ2) is 7.03. The van der Waals surface area contributed by atoms with Gasteiger partial charge in [-0.05, 0) is 43.3 Å². The maximum atomic E-state index is 6.21. The number of hydrazone groups is 1. The van der Waals surface area contributed by atoms with Crippen LogP contribution in [0.15, 0.2) is 64.1 Å². The molecule has 3 aromatic heterocycles.